The lowest BCUT2D eigenvalue weighted by Gasteiger charge is -2.12. The highest BCUT2D eigenvalue weighted by atomic mass is 16.3. The molecule has 4 aromatic rings. The second kappa shape index (κ2) is 7.60. The van der Waals surface area contributed by atoms with Crippen LogP contribution in [0.4, 0.5) is 17.1 Å². The number of hydrogen-bond donors (Lipinski definition) is 4. The number of aromatic amines is 1. The van der Waals surface area contributed by atoms with Crippen molar-refractivity contribution >= 4 is 28.0 Å². The van der Waals surface area contributed by atoms with Crippen molar-refractivity contribution in [3.05, 3.63) is 83.8 Å². The number of aromatic nitrogens is 2. The zero-order valence-corrected chi connectivity index (χ0v) is 16.2. The fourth-order valence-electron chi connectivity index (χ4n) is 4.09. The molecule has 5 heteroatoms. The molecule has 146 valence electrons. The molecule has 0 fully saturated rings. The molecule has 0 saturated carbocycles. The van der Waals surface area contributed by atoms with Crippen LogP contribution in [0.25, 0.3) is 10.9 Å². The maximum absolute atomic E-state index is 9.91. The summed E-state index contributed by atoms with van der Waals surface area (Å²) in [5.41, 5.74) is 7.81. The average molecular weight is 384 g/mol. The van der Waals surface area contributed by atoms with E-state index in [1.54, 1.807) is 6.20 Å². The van der Waals surface area contributed by atoms with Gasteiger partial charge in [-0.25, -0.2) is 0 Å². The lowest BCUT2D eigenvalue weighted by Crippen LogP contribution is -2.05. The number of pyridine rings is 1. The van der Waals surface area contributed by atoms with Crippen molar-refractivity contribution in [2.45, 2.75) is 25.4 Å². The van der Waals surface area contributed by atoms with Crippen LogP contribution in [-0.2, 0) is 19.3 Å². The van der Waals surface area contributed by atoms with Crippen molar-refractivity contribution < 1.29 is 5.11 Å². The predicted octanol–water partition coefficient (Wildman–Crippen LogP) is 4.42. The first kappa shape index (κ1) is 17.8. The molecule has 5 rings (SSSR count). The van der Waals surface area contributed by atoms with Crippen LogP contribution in [0.2, 0.25) is 0 Å². The first-order valence-electron chi connectivity index (χ1n) is 10.1. The van der Waals surface area contributed by atoms with Crippen LogP contribution in [0, 0.1) is 0 Å². The summed E-state index contributed by atoms with van der Waals surface area (Å²) in [5.74, 6) is 0. The molecule has 0 radical (unpaired) electrons. The lowest BCUT2D eigenvalue weighted by molar-refractivity contribution is 0.186. The normalized spacial score (nSPS) is 15.4. The second-order valence-corrected chi connectivity index (χ2v) is 7.58. The summed E-state index contributed by atoms with van der Waals surface area (Å²) in [6, 6.07) is 18.7. The number of rotatable bonds is 6. The van der Waals surface area contributed by atoms with Crippen molar-refractivity contribution in [3.63, 3.8) is 0 Å². The third-order valence-electron chi connectivity index (χ3n) is 5.58. The summed E-state index contributed by atoms with van der Waals surface area (Å²) in [4.78, 5) is 7.72. The van der Waals surface area contributed by atoms with Crippen LogP contribution in [-0.4, -0.2) is 27.7 Å². The Balaban J connectivity index is 1.21. The maximum Gasteiger partial charge on any atom is 0.0637 e. The van der Waals surface area contributed by atoms with E-state index < -0.39 is 0 Å². The number of anilines is 3. The summed E-state index contributed by atoms with van der Waals surface area (Å²) < 4.78 is 0. The smallest absolute Gasteiger partial charge is 0.0637 e. The van der Waals surface area contributed by atoms with Crippen LogP contribution in [0.15, 0.2) is 67.0 Å². The molecule has 0 amide bonds. The van der Waals surface area contributed by atoms with Gasteiger partial charge in [0.2, 0.25) is 0 Å². The standard InChI is InChI=1S/C24H24N4O/c29-19-13-21-23(10-12-26-24(21)14-19)28-18-7-5-17(6-8-18)25-11-9-16-15-27-22-4-2-1-3-20(16)22/h1-8,10,12,15,19,25,27,29H,9,11,13-14H2,(H,26,28). The first-order chi connectivity index (χ1) is 14.3. The summed E-state index contributed by atoms with van der Waals surface area (Å²) >= 11 is 0. The van der Waals surface area contributed by atoms with Crippen LogP contribution in [0.3, 0.4) is 0 Å². The summed E-state index contributed by atoms with van der Waals surface area (Å²) in [6.07, 6.45) is 5.87. The minimum atomic E-state index is -0.316. The van der Waals surface area contributed by atoms with Crippen LogP contribution < -0.4 is 10.6 Å². The number of nitrogens with one attached hydrogen (secondary N) is 3. The average Bonchev–Trinajstić information content (AvgIpc) is 3.33. The maximum atomic E-state index is 9.91. The molecular weight excluding hydrogens is 360 g/mol. The van der Waals surface area contributed by atoms with Gasteiger partial charge in [-0.15, -0.1) is 0 Å². The Morgan fingerprint density at radius 1 is 1.00 bits per heavy atom. The van der Waals surface area contributed by atoms with Gasteiger partial charge in [-0.05, 0) is 53.9 Å². The Hall–Kier alpha value is -3.31. The van der Waals surface area contributed by atoms with Gasteiger partial charge in [-0.1, -0.05) is 18.2 Å². The fraction of sp³-hybridized carbons (Fsp3) is 0.208. The Kier molecular flexibility index (Phi) is 4.66. The third-order valence-corrected chi connectivity index (χ3v) is 5.58. The number of H-pyrrole nitrogens is 1. The molecule has 1 unspecified atom stereocenters. The van der Waals surface area contributed by atoms with E-state index in [2.05, 4.69) is 75.3 Å². The third kappa shape index (κ3) is 3.69. The van der Waals surface area contributed by atoms with Gasteiger partial charge in [0, 0.05) is 65.4 Å². The number of hydrogen-bond acceptors (Lipinski definition) is 4. The SMILES string of the molecule is OC1Cc2nccc(Nc3ccc(NCCc4c[nH]c5ccccc45)cc3)c2C1. The molecular formula is C24H24N4O. The van der Waals surface area contributed by atoms with Crippen molar-refractivity contribution in [2.24, 2.45) is 0 Å². The van der Waals surface area contributed by atoms with Gasteiger partial charge in [0.25, 0.3) is 0 Å². The van der Waals surface area contributed by atoms with E-state index in [9.17, 15) is 5.11 Å². The van der Waals surface area contributed by atoms with Crippen LogP contribution >= 0.6 is 0 Å². The number of aliphatic hydroxyl groups excluding tert-OH is 1. The molecule has 1 aliphatic rings. The highest BCUT2D eigenvalue weighted by molar-refractivity contribution is 5.83. The number of benzene rings is 2. The van der Waals surface area contributed by atoms with Gasteiger partial charge in [-0.2, -0.15) is 0 Å². The molecule has 29 heavy (non-hydrogen) atoms. The zero-order chi connectivity index (χ0) is 19.6. The molecule has 5 nitrogen and oxygen atoms in total. The van der Waals surface area contributed by atoms with Gasteiger partial charge in [0.05, 0.1) is 6.10 Å². The largest absolute Gasteiger partial charge is 0.392 e. The number of para-hydroxylation sites is 1. The monoisotopic (exact) mass is 384 g/mol. The van der Waals surface area contributed by atoms with E-state index in [0.29, 0.717) is 12.8 Å². The van der Waals surface area contributed by atoms with Gasteiger partial charge >= 0.3 is 0 Å². The Morgan fingerprint density at radius 2 is 1.83 bits per heavy atom. The molecule has 2 aromatic carbocycles. The van der Waals surface area contributed by atoms with Gasteiger partial charge < -0.3 is 20.7 Å². The molecule has 2 heterocycles. The van der Waals surface area contributed by atoms with Crippen molar-refractivity contribution in [1.29, 1.82) is 0 Å². The van der Waals surface area contributed by atoms with Crippen molar-refractivity contribution in [2.75, 3.05) is 17.2 Å². The lowest BCUT2D eigenvalue weighted by atomic mass is 10.1. The number of fused-ring (bicyclic) bond motifs is 2. The molecule has 4 N–H and O–H groups in total. The van der Waals surface area contributed by atoms with E-state index >= 15 is 0 Å². The van der Waals surface area contributed by atoms with Gasteiger partial charge in [0.1, 0.15) is 0 Å². The molecule has 0 saturated heterocycles. The number of nitrogens with zero attached hydrogens (tertiary/aromatic N) is 1. The predicted molar refractivity (Wildman–Crippen MR) is 118 cm³/mol. The zero-order valence-electron chi connectivity index (χ0n) is 16.2. The molecule has 0 aliphatic heterocycles. The quantitative estimate of drug-likeness (QED) is 0.397. The van der Waals surface area contributed by atoms with Crippen molar-refractivity contribution in [1.82, 2.24) is 9.97 Å². The molecule has 1 atom stereocenters. The fourth-order valence-corrected chi connectivity index (χ4v) is 4.09. The molecule has 2 aromatic heterocycles. The van der Waals surface area contributed by atoms with Crippen LogP contribution in [0.5, 0.6) is 0 Å². The minimum Gasteiger partial charge on any atom is -0.392 e. The molecule has 0 bridgehead atoms. The first-order valence-corrected chi connectivity index (χ1v) is 10.1. The minimum absolute atomic E-state index is 0.316. The van der Waals surface area contributed by atoms with E-state index in [0.717, 1.165) is 41.3 Å². The molecule has 0 spiro atoms. The number of aliphatic hydroxyl groups is 1. The highest BCUT2D eigenvalue weighted by Gasteiger charge is 2.23. The van der Waals surface area contributed by atoms with E-state index in [-0.39, 0.29) is 6.10 Å². The summed E-state index contributed by atoms with van der Waals surface area (Å²) in [5, 5.41) is 18.2. The summed E-state index contributed by atoms with van der Waals surface area (Å²) in [7, 11) is 0. The van der Waals surface area contributed by atoms with Gasteiger partial charge in [0.15, 0.2) is 0 Å². The highest BCUT2D eigenvalue weighted by Crippen LogP contribution is 2.30. The van der Waals surface area contributed by atoms with Crippen LogP contribution in [0.1, 0.15) is 16.8 Å². The Bertz CT molecular complexity index is 1130. The Morgan fingerprint density at radius 3 is 2.72 bits per heavy atom. The van der Waals surface area contributed by atoms with Crippen molar-refractivity contribution in [3.8, 4) is 0 Å². The van der Waals surface area contributed by atoms with E-state index in [1.807, 2.05) is 6.07 Å². The summed E-state index contributed by atoms with van der Waals surface area (Å²) in [6.45, 7) is 0.879. The van der Waals surface area contributed by atoms with Gasteiger partial charge in [-0.3, -0.25) is 4.98 Å². The van der Waals surface area contributed by atoms with E-state index in [4.69, 9.17) is 0 Å². The topological polar surface area (TPSA) is 73.0 Å². The van der Waals surface area contributed by atoms with E-state index in [1.165, 1.54) is 16.5 Å². The second-order valence-electron chi connectivity index (χ2n) is 7.58. The molecule has 1 aliphatic carbocycles. The Labute approximate surface area is 169 Å².